The molecule has 1 aliphatic heterocycles. The van der Waals surface area contributed by atoms with E-state index in [0.717, 1.165) is 48.7 Å². The normalized spacial score (nSPS) is 18.1. The van der Waals surface area contributed by atoms with Crippen molar-refractivity contribution in [1.29, 1.82) is 0 Å². The lowest BCUT2D eigenvalue weighted by molar-refractivity contribution is 0.318. The largest absolute Gasteiger partial charge is 0.370 e. The fourth-order valence-corrected chi connectivity index (χ4v) is 3.64. The third-order valence-electron chi connectivity index (χ3n) is 4.93. The quantitative estimate of drug-likeness (QED) is 0.776. The third kappa shape index (κ3) is 3.49. The second-order valence-corrected chi connectivity index (χ2v) is 6.91. The lowest BCUT2D eigenvalue weighted by atomic mass is 10.1. The van der Waals surface area contributed by atoms with Crippen molar-refractivity contribution in [3.8, 4) is 0 Å². The summed E-state index contributed by atoms with van der Waals surface area (Å²) in [6.45, 7) is 6.23. The van der Waals surface area contributed by atoms with Gasteiger partial charge in [-0.1, -0.05) is 6.07 Å². The zero-order valence-corrected chi connectivity index (χ0v) is 14.8. The summed E-state index contributed by atoms with van der Waals surface area (Å²) in [5, 5.41) is 9.06. The van der Waals surface area contributed by atoms with Gasteiger partial charge in [-0.3, -0.25) is 9.58 Å². The number of likely N-dealkylation sites (tertiary alicyclic amines) is 1. The molecular weight excluding hydrogens is 312 g/mol. The Kier molecular flexibility index (Phi) is 4.36. The van der Waals surface area contributed by atoms with Crippen LogP contribution in [0.4, 0.5) is 5.82 Å². The zero-order chi connectivity index (χ0) is 17.2. The second kappa shape index (κ2) is 6.80. The van der Waals surface area contributed by atoms with Crippen LogP contribution in [0.2, 0.25) is 0 Å². The highest BCUT2D eigenvalue weighted by atomic mass is 15.3. The summed E-state index contributed by atoms with van der Waals surface area (Å²) in [7, 11) is 1.95. The monoisotopic (exact) mass is 336 g/mol. The number of nitrogens with one attached hydrogen (secondary N) is 1. The van der Waals surface area contributed by atoms with E-state index in [4.69, 9.17) is 0 Å². The Morgan fingerprint density at radius 3 is 3.04 bits per heavy atom. The Balaban J connectivity index is 1.35. The van der Waals surface area contributed by atoms with Gasteiger partial charge in [-0.2, -0.15) is 5.10 Å². The van der Waals surface area contributed by atoms with Gasteiger partial charge in [0.2, 0.25) is 0 Å². The minimum absolute atomic E-state index is 0.666. The molecule has 0 aliphatic carbocycles. The number of nitrogens with zero attached hydrogens (tertiary/aromatic N) is 5. The first kappa shape index (κ1) is 16.0. The van der Waals surface area contributed by atoms with Crippen molar-refractivity contribution in [3.63, 3.8) is 0 Å². The molecule has 0 spiro atoms. The number of rotatable bonds is 5. The van der Waals surface area contributed by atoms with Crippen LogP contribution < -0.4 is 5.32 Å². The zero-order valence-electron chi connectivity index (χ0n) is 14.8. The molecule has 1 saturated heterocycles. The number of fused-ring (bicyclic) bond motifs is 1. The molecular formula is C19H24N6. The lowest BCUT2D eigenvalue weighted by Gasteiger charge is -2.16. The highest BCUT2D eigenvalue weighted by Crippen LogP contribution is 2.21. The Morgan fingerprint density at radius 2 is 2.20 bits per heavy atom. The minimum Gasteiger partial charge on any atom is -0.370 e. The molecule has 6 nitrogen and oxygen atoms in total. The molecule has 1 N–H and O–H groups in total. The van der Waals surface area contributed by atoms with E-state index in [2.05, 4.69) is 31.3 Å². The average Bonchev–Trinajstić information content (AvgIpc) is 3.18. The standard InChI is InChI=1S/C19H24N6/c1-14-17-9-16(11-22-19(17)24(2)23-14)13-25-8-6-15(12-25)10-21-18-5-3-4-7-20-18/h3-5,7,9,11,15H,6,8,10,12-13H2,1-2H3,(H,20,21). The smallest absolute Gasteiger partial charge is 0.157 e. The first-order chi connectivity index (χ1) is 12.2. The van der Waals surface area contributed by atoms with E-state index in [1.165, 1.54) is 12.0 Å². The Bertz CT molecular complexity index is 857. The predicted molar refractivity (Wildman–Crippen MR) is 99.4 cm³/mol. The molecule has 4 rings (SSSR count). The van der Waals surface area contributed by atoms with Gasteiger partial charge in [0.05, 0.1) is 5.69 Å². The van der Waals surface area contributed by atoms with Crippen LogP contribution in [0, 0.1) is 12.8 Å². The predicted octanol–water partition coefficient (Wildman–Crippen LogP) is 2.61. The third-order valence-corrected chi connectivity index (χ3v) is 4.93. The van der Waals surface area contributed by atoms with Crippen molar-refractivity contribution in [2.24, 2.45) is 13.0 Å². The average molecular weight is 336 g/mol. The number of anilines is 1. The second-order valence-electron chi connectivity index (χ2n) is 6.91. The van der Waals surface area contributed by atoms with E-state index in [-0.39, 0.29) is 0 Å². The van der Waals surface area contributed by atoms with Crippen LogP contribution in [0.5, 0.6) is 0 Å². The van der Waals surface area contributed by atoms with Gasteiger partial charge in [0.1, 0.15) is 5.82 Å². The molecule has 3 aromatic rings. The number of hydrogen-bond donors (Lipinski definition) is 1. The number of pyridine rings is 2. The van der Waals surface area contributed by atoms with Crippen molar-refractivity contribution in [1.82, 2.24) is 24.6 Å². The molecule has 25 heavy (non-hydrogen) atoms. The molecule has 0 radical (unpaired) electrons. The Hall–Kier alpha value is -2.47. The molecule has 1 aliphatic rings. The molecule has 130 valence electrons. The molecule has 0 bridgehead atoms. The molecule has 0 aromatic carbocycles. The van der Waals surface area contributed by atoms with E-state index in [9.17, 15) is 0 Å². The first-order valence-electron chi connectivity index (χ1n) is 8.84. The van der Waals surface area contributed by atoms with E-state index < -0.39 is 0 Å². The van der Waals surface area contributed by atoms with Crippen LogP contribution in [0.1, 0.15) is 17.7 Å². The van der Waals surface area contributed by atoms with E-state index in [1.54, 1.807) is 0 Å². The van der Waals surface area contributed by atoms with Crippen LogP contribution in [-0.2, 0) is 13.6 Å². The highest BCUT2D eigenvalue weighted by Gasteiger charge is 2.22. The SMILES string of the molecule is Cc1nn(C)c2ncc(CN3CCC(CNc4ccccn4)C3)cc12. The maximum atomic E-state index is 4.59. The van der Waals surface area contributed by atoms with Gasteiger partial charge in [-0.15, -0.1) is 0 Å². The molecule has 0 amide bonds. The summed E-state index contributed by atoms with van der Waals surface area (Å²) in [5.74, 6) is 1.63. The van der Waals surface area contributed by atoms with Gasteiger partial charge in [-0.25, -0.2) is 9.97 Å². The summed E-state index contributed by atoms with van der Waals surface area (Å²) in [4.78, 5) is 11.4. The topological polar surface area (TPSA) is 58.9 Å². The molecule has 0 saturated carbocycles. The van der Waals surface area contributed by atoms with Crippen LogP contribution in [0.15, 0.2) is 36.7 Å². The van der Waals surface area contributed by atoms with Gasteiger partial charge in [0.25, 0.3) is 0 Å². The van der Waals surface area contributed by atoms with Crippen molar-refractivity contribution >= 4 is 16.9 Å². The van der Waals surface area contributed by atoms with Crippen molar-refractivity contribution in [2.75, 3.05) is 25.0 Å². The van der Waals surface area contributed by atoms with E-state index >= 15 is 0 Å². The summed E-state index contributed by atoms with van der Waals surface area (Å²) >= 11 is 0. The van der Waals surface area contributed by atoms with Crippen molar-refractivity contribution < 1.29 is 0 Å². The maximum Gasteiger partial charge on any atom is 0.157 e. The van der Waals surface area contributed by atoms with Crippen LogP contribution in [0.3, 0.4) is 0 Å². The number of aryl methyl sites for hydroxylation is 2. The van der Waals surface area contributed by atoms with Crippen LogP contribution >= 0.6 is 0 Å². The molecule has 1 atom stereocenters. The lowest BCUT2D eigenvalue weighted by Crippen LogP contribution is -2.22. The van der Waals surface area contributed by atoms with Crippen molar-refractivity contribution in [3.05, 3.63) is 47.9 Å². The summed E-state index contributed by atoms with van der Waals surface area (Å²) in [6, 6.07) is 8.21. The number of hydrogen-bond acceptors (Lipinski definition) is 5. The fraction of sp³-hybridized carbons (Fsp3) is 0.421. The van der Waals surface area contributed by atoms with Crippen LogP contribution in [0.25, 0.3) is 11.0 Å². The highest BCUT2D eigenvalue weighted by molar-refractivity contribution is 5.78. The molecule has 4 heterocycles. The van der Waals surface area contributed by atoms with Gasteiger partial charge in [0.15, 0.2) is 5.65 Å². The summed E-state index contributed by atoms with van der Waals surface area (Å²) in [5.41, 5.74) is 3.27. The van der Waals surface area contributed by atoms with Gasteiger partial charge >= 0.3 is 0 Å². The molecule has 1 fully saturated rings. The Morgan fingerprint density at radius 1 is 1.28 bits per heavy atom. The fourth-order valence-electron chi connectivity index (χ4n) is 3.64. The van der Waals surface area contributed by atoms with Gasteiger partial charge in [0, 0.05) is 44.5 Å². The maximum absolute atomic E-state index is 4.59. The van der Waals surface area contributed by atoms with E-state index in [1.807, 2.05) is 49.2 Å². The molecule has 6 heteroatoms. The summed E-state index contributed by atoms with van der Waals surface area (Å²) < 4.78 is 1.85. The van der Waals surface area contributed by atoms with Crippen LogP contribution in [-0.4, -0.2) is 44.3 Å². The summed E-state index contributed by atoms with van der Waals surface area (Å²) in [6.07, 6.45) is 5.04. The minimum atomic E-state index is 0.666. The Labute approximate surface area is 147 Å². The first-order valence-corrected chi connectivity index (χ1v) is 8.84. The van der Waals surface area contributed by atoms with Gasteiger partial charge < -0.3 is 5.32 Å². The number of aromatic nitrogens is 4. The van der Waals surface area contributed by atoms with Gasteiger partial charge in [-0.05, 0) is 49.6 Å². The van der Waals surface area contributed by atoms with Crippen molar-refractivity contribution in [2.45, 2.75) is 19.9 Å². The molecule has 3 aromatic heterocycles. The molecule has 1 unspecified atom stereocenters. The van der Waals surface area contributed by atoms with E-state index in [0.29, 0.717) is 5.92 Å².